The fourth-order valence-electron chi connectivity index (χ4n) is 1.10. The van der Waals surface area contributed by atoms with Crippen LogP contribution >= 0.6 is 0 Å². The summed E-state index contributed by atoms with van der Waals surface area (Å²) in [5, 5.41) is 9.33. The summed E-state index contributed by atoms with van der Waals surface area (Å²) < 4.78 is 5.15. The van der Waals surface area contributed by atoms with E-state index in [4.69, 9.17) is 4.74 Å². The molecule has 1 aliphatic heterocycles. The molecule has 1 rings (SSSR count). The van der Waals surface area contributed by atoms with Gasteiger partial charge in [0, 0.05) is 6.61 Å². The molecule has 0 aliphatic carbocycles. The van der Waals surface area contributed by atoms with Crippen molar-refractivity contribution in [3.63, 3.8) is 0 Å². The lowest BCUT2D eigenvalue weighted by Crippen LogP contribution is -2.27. The summed E-state index contributed by atoms with van der Waals surface area (Å²) in [6.07, 6.45) is 3.07. The molecular weight excluding hydrogens is 115 g/mol. The zero-order valence-corrected chi connectivity index (χ0v) is 5.89. The van der Waals surface area contributed by atoms with E-state index in [1.807, 2.05) is 0 Å². The lowest BCUT2D eigenvalue weighted by atomic mass is 9.68. The molecule has 0 aromatic rings. The molecule has 52 valence electrons. The molecule has 1 heterocycles. The van der Waals surface area contributed by atoms with Crippen LogP contribution in [0.5, 0.6) is 0 Å². The summed E-state index contributed by atoms with van der Waals surface area (Å²) in [5.41, 5.74) is 0. The highest BCUT2D eigenvalue weighted by Crippen LogP contribution is 2.16. The molecule has 1 aliphatic rings. The second kappa shape index (κ2) is 2.71. The Morgan fingerprint density at radius 2 is 2.44 bits per heavy atom. The Bertz CT molecular complexity index is 83.1. The minimum atomic E-state index is -0.837. The Balaban J connectivity index is 2.36. The first-order valence-corrected chi connectivity index (χ1v) is 3.57. The minimum Gasteiger partial charge on any atom is -0.366 e. The van der Waals surface area contributed by atoms with E-state index in [1.54, 1.807) is 6.92 Å². The third-order valence-electron chi connectivity index (χ3n) is 1.70. The van der Waals surface area contributed by atoms with Crippen LogP contribution in [0.1, 0.15) is 13.3 Å². The van der Waals surface area contributed by atoms with E-state index >= 15 is 0 Å². The predicted octanol–water partition coefficient (Wildman–Crippen LogP) is 0.388. The Labute approximate surface area is 56.5 Å². The normalized spacial score (nSPS) is 37.1. The maximum Gasteiger partial charge on any atom is 0.155 e. The lowest BCUT2D eigenvalue weighted by molar-refractivity contribution is -0.172. The standard InChI is InChI=1S/C6H13BO2/c1-6(8)5-7-3-2-4-9-6/h7-8H,2-5H2,1H3. The third kappa shape index (κ3) is 2.37. The second-order valence-electron chi connectivity index (χ2n) is 2.83. The zero-order chi connectivity index (χ0) is 6.74. The van der Waals surface area contributed by atoms with Gasteiger partial charge in [0.05, 0.1) is 0 Å². The monoisotopic (exact) mass is 128 g/mol. The van der Waals surface area contributed by atoms with Gasteiger partial charge in [0.25, 0.3) is 0 Å². The largest absolute Gasteiger partial charge is 0.366 e. The van der Waals surface area contributed by atoms with E-state index in [0.29, 0.717) is 6.61 Å². The fourth-order valence-corrected chi connectivity index (χ4v) is 1.10. The summed E-state index contributed by atoms with van der Waals surface area (Å²) in [4.78, 5) is 0. The average molecular weight is 128 g/mol. The van der Waals surface area contributed by atoms with Crippen molar-refractivity contribution in [2.45, 2.75) is 31.8 Å². The fraction of sp³-hybridized carbons (Fsp3) is 1.00. The van der Waals surface area contributed by atoms with Gasteiger partial charge in [-0.25, -0.2) is 0 Å². The Kier molecular flexibility index (Phi) is 2.14. The molecule has 0 aromatic carbocycles. The van der Waals surface area contributed by atoms with Gasteiger partial charge in [-0.1, -0.05) is 6.32 Å². The highest BCUT2D eigenvalue weighted by atomic mass is 16.6. The van der Waals surface area contributed by atoms with Crippen molar-refractivity contribution in [1.29, 1.82) is 0 Å². The summed E-state index contributed by atoms with van der Waals surface area (Å²) in [5.74, 6) is -0.837. The molecule has 3 heteroatoms. The quantitative estimate of drug-likeness (QED) is 0.478. The minimum absolute atomic E-state index is 0.715. The molecule has 1 unspecified atom stereocenters. The van der Waals surface area contributed by atoms with E-state index < -0.39 is 5.79 Å². The van der Waals surface area contributed by atoms with Gasteiger partial charge in [0.2, 0.25) is 0 Å². The molecule has 1 fully saturated rings. The molecule has 9 heavy (non-hydrogen) atoms. The van der Waals surface area contributed by atoms with Crippen molar-refractivity contribution in [3.05, 3.63) is 0 Å². The topological polar surface area (TPSA) is 29.5 Å². The molecule has 1 saturated heterocycles. The number of aliphatic hydroxyl groups is 1. The lowest BCUT2D eigenvalue weighted by Gasteiger charge is -2.20. The van der Waals surface area contributed by atoms with Crippen LogP contribution in [0.3, 0.4) is 0 Å². The highest BCUT2D eigenvalue weighted by molar-refractivity contribution is 6.35. The van der Waals surface area contributed by atoms with Crippen molar-refractivity contribution in [3.8, 4) is 0 Å². The number of hydrogen-bond acceptors (Lipinski definition) is 2. The first kappa shape index (κ1) is 7.10. The molecule has 0 radical (unpaired) electrons. The van der Waals surface area contributed by atoms with Crippen molar-refractivity contribution >= 4 is 7.28 Å². The SMILES string of the molecule is CC1(O)CBCCCO1. The van der Waals surface area contributed by atoms with Gasteiger partial charge < -0.3 is 9.84 Å². The molecule has 0 amide bonds. The molecule has 0 saturated carbocycles. The van der Waals surface area contributed by atoms with E-state index in [0.717, 1.165) is 20.0 Å². The number of hydrogen-bond donors (Lipinski definition) is 1. The van der Waals surface area contributed by atoms with Crippen molar-refractivity contribution in [2.75, 3.05) is 6.61 Å². The van der Waals surface area contributed by atoms with E-state index in [9.17, 15) is 5.11 Å². The molecule has 2 nitrogen and oxygen atoms in total. The van der Waals surface area contributed by atoms with Gasteiger partial charge in [-0.3, -0.25) is 0 Å². The van der Waals surface area contributed by atoms with Crippen molar-refractivity contribution < 1.29 is 9.84 Å². The van der Waals surface area contributed by atoms with Crippen LogP contribution in [0.4, 0.5) is 0 Å². The van der Waals surface area contributed by atoms with E-state index in [2.05, 4.69) is 0 Å². The molecule has 0 spiro atoms. The summed E-state index contributed by atoms with van der Waals surface area (Å²) >= 11 is 0. The highest BCUT2D eigenvalue weighted by Gasteiger charge is 2.22. The maximum atomic E-state index is 9.33. The molecule has 1 atom stereocenters. The van der Waals surface area contributed by atoms with Crippen LogP contribution in [0.25, 0.3) is 0 Å². The maximum absolute atomic E-state index is 9.33. The van der Waals surface area contributed by atoms with Crippen LogP contribution in [0.15, 0.2) is 0 Å². The third-order valence-corrected chi connectivity index (χ3v) is 1.70. The smallest absolute Gasteiger partial charge is 0.155 e. The van der Waals surface area contributed by atoms with Gasteiger partial charge >= 0.3 is 0 Å². The van der Waals surface area contributed by atoms with Crippen LogP contribution in [0.2, 0.25) is 12.6 Å². The molecule has 1 N–H and O–H groups in total. The zero-order valence-electron chi connectivity index (χ0n) is 5.89. The summed E-state index contributed by atoms with van der Waals surface area (Å²) in [7, 11) is 1.09. The number of ether oxygens (including phenoxy) is 1. The van der Waals surface area contributed by atoms with Crippen LogP contribution in [-0.4, -0.2) is 24.8 Å². The Morgan fingerprint density at radius 1 is 1.67 bits per heavy atom. The summed E-state index contributed by atoms with van der Waals surface area (Å²) in [6, 6.07) is 0. The Hall–Kier alpha value is -0.0151. The van der Waals surface area contributed by atoms with Gasteiger partial charge in [-0.05, 0) is 19.7 Å². The first-order valence-electron chi connectivity index (χ1n) is 3.57. The Morgan fingerprint density at radius 3 is 3.22 bits per heavy atom. The first-order chi connectivity index (χ1) is 4.21. The van der Waals surface area contributed by atoms with Crippen molar-refractivity contribution in [1.82, 2.24) is 0 Å². The molecular formula is C6H13BO2. The van der Waals surface area contributed by atoms with Crippen LogP contribution in [0, 0.1) is 0 Å². The average Bonchev–Trinajstić information content (AvgIpc) is 1.92. The molecule has 0 aromatic heterocycles. The van der Waals surface area contributed by atoms with Crippen LogP contribution < -0.4 is 0 Å². The second-order valence-corrected chi connectivity index (χ2v) is 2.83. The molecule has 0 bridgehead atoms. The number of rotatable bonds is 0. The predicted molar refractivity (Wildman–Crippen MR) is 38.0 cm³/mol. The van der Waals surface area contributed by atoms with E-state index in [-0.39, 0.29) is 0 Å². The summed E-state index contributed by atoms with van der Waals surface area (Å²) in [6.45, 7) is 2.45. The van der Waals surface area contributed by atoms with Gasteiger partial charge in [0.1, 0.15) is 7.28 Å². The van der Waals surface area contributed by atoms with Gasteiger partial charge in [-0.15, -0.1) is 0 Å². The van der Waals surface area contributed by atoms with Gasteiger partial charge in [0.15, 0.2) is 5.79 Å². The van der Waals surface area contributed by atoms with Crippen molar-refractivity contribution in [2.24, 2.45) is 0 Å². The van der Waals surface area contributed by atoms with E-state index in [1.165, 1.54) is 6.32 Å². The van der Waals surface area contributed by atoms with Crippen LogP contribution in [-0.2, 0) is 4.74 Å². The van der Waals surface area contributed by atoms with Gasteiger partial charge in [-0.2, -0.15) is 0 Å².